The molecule has 0 saturated carbocycles. The van der Waals surface area contributed by atoms with Crippen LogP contribution in [0, 0.1) is 0 Å². The number of phenolic OH excluding ortho intramolecular Hbond substituents is 1. The zero-order chi connectivity index (χ0) is 22.4. The summed E-state index contributed by atoms with van der Waals surface area (Å²) in [7, 11) is -3.73. The Bertz CT molecular complexity index is 1160. The van der Waals surface area contributed by atoms with Crippen LogP contribution in [-0.4, -0.2) is 31.1 Å². The maximum Gasteiger partial charge on any atom is 0.264 e. The Morgan fingerprint density at radius 2 is 1.58 bits per heavy atom. The van der Waals surface area contributed by atoms with Crippen LogP contribution in [0.5, 0.6) is 5.75 Å². The molecular formula is C22H21N3O4S2. The topological polar surface area (TPSA) is 98.7 Å². The second-order valence-electron chi connectivity index (χ2n) is 6.48. The molecule has 0 spiro atoms. The van der Waals surface area contributed by atoms with Gasteiger partial charge in [-0.1, -0.05) is 18.2 Å². The lowest BCUT2D eigenvalue weighted by Gasteiger charge is -2.23. The molecule has 7 nitrogen and oxygen atoms in total. The van der Waals surface area contributed by atoms with Gasteiger partial charge >= 0.3 is 0 Å². The predicted octanol–water partition coefficient (Wildman–Crippen LogP) is 3.73. The number of hydrogen-bond acceptors (Lipinski definition) is 5. The van der Waals surface area contributed by atoms with Crippen molar-refractivity contribution in [2.45, 2.75) is 11.8 Å². The molecule has 0 aliphatic carbocycles. The van der Waals surface area contributed by atoms with E-state index in [1.807, 2.05) is 6.07 Å². The van der Waals surface area contributed by atoms with Gasteiger partial charge in [-0.25, -0.2) is 8.42 Å². The van der Waals surface area contributed by atoms with Gasteiger partial charge in [0.2, 0.25) is 0 Å². The number of rotatable bonds is 6. The Kier molecular flexibility index (Phi) is 6.88. The molecule has 3 aromatic rings. The number of thiocarbonyl (C=S) groups is 1. The lowest BCUT2D eigenvalue weighted by molar-refractivity contribution is 0.0977. The highest BCUT2D eigenvalue weighted by molar-refractivity contribution is 7.92. The van der Waals surface area contributed by atoms with Crippen molar-refractivity contribution in [3.05, 3.63) is 84.4 Å². The zero-order valence-corrected chi connectivity index (χ0v) is 18.3. The maximum atomic E-state index is 13.0. The van der Waals surface area contributed by atoms with Crippen LogP contribution in [-0.2, 0) is 10.0 Å². The smallest absolute Gasteiger partial charge is 0.264 e. The predicted molar refractivity (Wildman–Crippen MR) is 125 cm³/mol. The number of hydrogen-bond donors (Lipinski definition) is 3. The van der Waals surface area contributed by atoms with Crippen LogP contribution < -0.4 is 14.9 Å². The quantitative estimate of drug-likeness (QED) is 0.490. The number of sulfonamides is 1. The molecule has 160 valence electrons. The molecule has 1 amide bonds. The highest BCUT2D eigenvalue weighted by atomic mass is 32.2. The number of nitrogens with zero attached hydrogens (tertiary/aromatic N) is 1. The standard InChI is InChI=1S/C22H21N3O4S2/c1-2-25(18-6-4-3-5-7-18)31(28,29)20-14-10-17(11-15-20)23-22(30)24-21(27)16-8-12-19(26)13-9-16/h3-15,26H,2H2,1H3,(H2,23,24,27,30). The summed E-state index contributed by atoms with van der Waals surface area (Å²) in [6, 6.07) is 20.7. The van der Waals surface area contributed by atoms with Gasteiger partial charge in [-0.3, -0.25) is 14.4 Å². The van der Waals surface area contributed by atoms with Gasteiger partial charge in [-0.15, -0.1) is 0 Å². The summed E-state index contributed by atoms with van der Waals surface area (Å²) in [5, 5.41) is 14.7. The van der Waals surface area contributed by atoms with Gasteiger partial charge in [0.1, 0.15) is 5.75 Å². The van der Waals surface area contributed by atoms with E-state index < -0.39 is 15.9 Å². The van der Waals surface area contributed by atoms with Gasteiger partial charge in [0.05, 0.1) is 10.6 Å². The Hall–Kier alpha value is -3.43. The van der Waals surface area contributed by atoms with Crippen molar-refractivity contribution in [3.63, 3.8) is 0 Å². The lowest BCUT2D eigenvalue weighted by atomic mass is 10.2. The Labute approximate surface area is 186 Å². The Morgan fingerprint density at radius 1 is 0.968 bits per heavy atom. The summed E-state index contributed by atoms with van der Waals surface area (Å²) < 4.78 is 27.4. The van der Waals surface area contributed by atoms with Crippen molar-refractivity contribution in [2.24, 2.45) is 0 Å². The monoisotopic (exact) mass is 455 g/mol. The second kappa shape index (κ2) is 9.59. The molecule has 0 aromatic heterocycles. The first kappa shape index (κ1) is 22.3. The third-order valence-electron chi connectivity index (χ3n) is 4.39. The third-order valence-corrected chi connectivity index (χ3v) is 6.51. The summed E-state index contributed by atoms with van der Waals surface area (Å²) in [5.41, 5.74) is 1.45. The van der Waals surface area contributed by atoms with Gasteiger partial charge in [0.25, 0.3) is 15.9 Å². The van der Waals surface area contributed by atoms with E-state index in [4.69, 9.17) is 12.2 Å². The molecule has 9 heteroatoms. The number of amides is 1. The van der Waals surface area contributed by atoms with E-state index in [1.54, 1.807) is 43.3 Å². The number of aromatic hydroxyl groups is 1. The molecule has 0 saturated heterocycles. The van der Waals surface area contributed by atoms with Gasteiger partial charge < -0.3 is 10.4 Å². The van der Waals surface area contributed by atoms with Crippen LogP contribution in [0.2, 0.25) is 0 Å². The van der Waals surface area contributed by atoms with E-state index in [0.29, 0.717) is 23.5 Å². The Morgan fingerprint density at radius 3 is 2.16 bits per heavy atom. The van der Waals surface area contributed by atoms with Crippen molar-refractivity contribution in [1.82, 2.24) is 5.32 Å². The first-order valence-corrected chi connectivity index (χ1v) is 11.3. The van der Waals surface area contributed by atoms with E-state index in [2.05, 4.69) is 10.6 Å². The van der Waals surface area contributed by atoms with Gasteiger partial charge in [0.15, 0.2) is 5.11 Å². The molecule has 0 bridgehead atoms. The van der Waals surface area contributed by atoms with Crippen LogP contribution in [0.25, 0.3) is 0 Å². The summed E-state index contributed by atoms with van der Waals surface area (Å²) >= 11 is 5.15. The van der Waals surface area contributed by atoms with Crippen LogP contribution in [0.4, 0.5) is 11.4 Å². The minimum absolute atomic E-state index is 0.0567. The number of para-hydroxylation sites is 1. The van der Waals surface area contributed by atoms with E-state index in [1.165, 1.54) is 40.7 Å². The minimum Gasteiger partial charge on any atom is -0.508 e. The maximum absolute atomic E-state index is 13.0. The number of carbonyl (C=O) groups is 1. The summed E-state index contributed by atoms with van der Waals surface area (Å²) in [5.74, 6) is -0.376. The van der Waals surface area contributed by atoms with Crippen LogP contribution in [0.15, 0.2) is 83.8 Å². The van der Waals surface area contributed by atoms with E-state index in [9.17, 15) is 18.3 Å². The molecule has 0 radical (unpaired) electrons. The zero-order valence-electron chi connectivity index (χ0n) is 16.6. The van der Waals surface area contributed by atoms with Crippen molar-refractivity contribution in [3.8, 4) is 5.75 Å². The molecule has 0 aliphatic rings. The first-order valence-electron chi connectivity index (χ1n) is 9.40. The highest BCUT2D eigenvalue weighted by Crippen LogP contribution is 2.24. The molecule has 3 aromatic carbocycles. The van der Waals surface area contributed by atoms with Crippen molar-refractivity contribution >= 4 is 44.6 Å². The lowest BCUT2D eigenvalue weighted by Crippen LogP contribution is -2.34. The van der Waals surface area contributed by atoms with Gasteiger partial charge in [-0.05, 0) is 79.8 Å². The highest BCUT2D eigenvalue weighted by Gasteiger charge is 2.23. The molecule has 3 N–H and O–H groups in total. The van der Waals surface area contributed by atoms with E-state index in [0.717, 1.165) is 0 Å². The fraction of sp³-hybridized carbons (Fsp3) is 0.0909. The molecular weight excluding hydrogens is 434 g/mol. The number of carbonyl (C=O) groups excluding carboxylic acids is 1. The SMILES string of the molecule is CCN(c1ccccc1)S(=O)(=O)c1ccc(NC(=S)NC(=O)c2ccc(O)cc2)cc1. The molecule has 31 heavy (non-hydrogen) atoms. The molecule has 0 aliphatic heterocycles. The third kappa shape index (κ3) is 5.39. The first-order chi connectivity index (χ1) is 14.8. The minimum atomic E-state index is -3.73. The fourth-order valence-electron chi connectivity index (χ4n) is 2.87. The number of anilines is 2. The summed E-state index contributed by atoms with van der Waals surface area (Å²) in [6.07, 6.45) is 0. The normalized spacial score (nSPS) is 10.9. The van der Waals surface area contributed by atoms with Crippen LogP contribution >= 0.6 is 12.2 Å². The summed E-state index contributed by atoms with van der Waals surface area (Å²) in [6.45, 7) is 2.06. The second-order valence-corrected chi connectivity index (χ2v) is 8.76. The fourth-order valence-corrected chi connectivity index (χ4v) is 4.56. The Balaban J connectivity index is 1.68. The molecule has 3 rings (SSSR count). The van der Waals surface area contributed by atoms with Gasteiger partial charge in [0, 0.05) is 17.8 Å². The largest absolute Gasteiger partial charge is 0.508 e. The van der Waals surface area contributed by atoms with E-state index >= 15 is 0 Å². The van der Waals surface area contributed by atoms with Crippen molar-refractivity contribution in [1.29, 1.82) is 0 Å². The number of phenols is 1. The number of benzene rings is 3. The average Bonchev–Trinajstić information content (AvgIpc) is 2.75. The van der Waals surface area contributed by atoms with Gasteiger partial charge in [-0.2, -0.15) is 0 Å². The van der Waals surface area contributed by atoms with Crippen LogP contribution in [0.3, 0.4) is 0 Å². The van der Waals surface area contributed by atoms with Crippen molar-refractivity contribution in [2.75, 3.05) is 16.2 Å². The average molecular weight is 456 g/mol. The van der Waals surface area contributed by atoms with Crippen LogP contribution in [0.1, 0.15) is 17.3 Å². The number of nitrogens with one attached hydrogen (secondary N) is 2. The molecule has 0 atom stereocenters. The molecule has 0 heterocycles. The van der Waals surface area contributed by atoms with E-state index in [-0.39, 0.29) is 15.8 Å². The van der Waals surface area contributed by atoms with Crippen molar-refractivity contribution < 1.29 is 18.3 Å². The summed E-state index contributed by atoms with van der Waals surface area (Å²) in [4.78, 5) is 12.3. The molecule has 0 fully saturated rings. The molecule has 0 unspecified atom stereocenters.